The molecule has 86 valence electrons. The van der Waals surface area contributed by atoms with Crippen molar-refractivity contribution in [3.63, 3.8) is 0 Å². The minimum absolute atomic E-state index is 1.04. The van der Waals surface area contributed by atoms with Crippen LogP contribution in [0.3, 0.4) is 0 Å². The Morgan fingerprint density at radius 1 is 1.67 bits per heavy atom. The van der Waals surface area contributed by atoms with Crippen molar-refractivity contribution < 1.29 is 19.2 Å². The van der Waals surface area contributed by atoms with E-state index >= 15 is 0 Å². The van der Waals surface area contributed by atoms with Crippen LogP contribution < -0.4 is 9.67 Å². The molecule has 0 spiro atoms. The number of aromatic amines is 1. The number of nitrogens with one attached hydrogen (secondary N) is 1. The second-order valence-electron chi connectivity index (χ2n) is 3.08. The first-order valence-electron chi connectivity index (χ1n) is 4.88. The minimum atomic E-state index is -1.50. The zero-order chi connectivity index (χ0) is 11.7. The summed E-state index contributed by atoms with van der Waals surface area (Å²) in [5.41, 5.74) is 0. The third-order valence-electron chi connectivity index (χ3n) is 1.91. The average Bonchev–Trinajstić information content (AvgIpc) is 2.62. The molecular formula is C10H18N2O3. The van der Waals surface area contributed by atoms with Crippen molar-refractivity contribution in [1.82, 2.24) is 4.98 Å². The fraction of sp³-hybridized carbons (Fsp3) is 0.600. The maximum absolute atomic E-state index is 9.03. The topological polar surface area (TPSA) is 69.0 Å². The molecule has 0 saturated heterocycles. The van der Waals surface area contributed by atoms with Crippen LogP contribution in [0, 0.1) is 0 Å². The van der Waals surface area contributed by atoms with E-state index in [4.69, 9.17) is 9.90 Å². The molecule has 0 aliphatic carbocycles. The van der Waals surface area contributed by atoms with Crippen LogP contribution in [0.4, 0.5) is 4.79 Å². The monoisotopic (exact) mass is 214 g/mol. The average molecular weight is 214 g/mol. The number of unbranched alkanes of at least 4 members (excludes halogenated alkanes) is 1. The van der Waals surface area contributed by atoms with Gasteiger partial charge in [0, 0.05) is 13.5 Å². The summed E-state index contributed by atoms with van der Waals surface area (Å²) in [6.07, 6.45) is 6.23. The van der Waals surface area contributed by atoms with Gasteiger partial charge < -0.3 is 14.6 Å². The van der Waals surface area contributed by atoms with Gasteiger partial charge >= 0.3 is 0 Å². The minimum Gasteiger partial charge on any atom is -0.553 e. The van der Waals surface area contributed by atoms with E-state index in [0.29, 0.717) is 0 Å². The molecule has 1 rings (SSSR count). The maximum Gasteiger partial charge on any atom is 0.253 e. The number of carbonyl (C=O) groups excluding carboxylic acids is 1. The van der Waals surface area contributed by atoms with Crippen LogP contribution in [-0.2, 0) is 18.2 Å². The van der Waals surface area contributed by atoms with Gasteiger partial charge in [0.2, 0.25) is 0 Å². The number of rotatable bonds is 3. The van der Waals surface area contributed by atoms with Crippen LogP contribution in [0.25, 0.3) is 0 Å². The predicted molar refractivity (Wildman–Crippen MR) is 53.0 cm³/mol. The number of hydrogen-bond acceptors (Lipinski definition) is 3. The summed E-state index contributed by atoms with van der Waals surface area (Å²) < 4.78 is 5.69. The van der Waals surface area contributed by atoms with E-state index in [1.165, 1.54) is 25.1 Å². The first-order chi connectivity index (χ1) is 7.11. The van der Waals surface area contributed by atoms with Gasteiger partial charge in [-0.05, 0) is 6.42 Å². The molecular weight excluding hydrogens is 196 g/mol. The lowest BCUT2D eigenvalue weighted by molar-refractivity contribution is -0.677. The first-order valence-corrected chi connectivity index (χ1v) is 4.88. The molecule has 0 saturated carbocycles. The number of imidazole rings is 1. The van der Waals surface area contributed by atoms with Gasteiger partial charge in [0.05, 0.1) is 7.05 Å². The van der Waals surface area contributed by atoms with Gasteiger partial charge in [-0.25, -0.2) is 9.55 Å². The predicted octanol–water partition coefficient (Wildman–Crippen LogP) is 0.158. The Morgan fingerprint density at radius 2 is 2.27 bits per heavy atom. The molecule has 5 heteroatoms. The highest BCUT2D eigenvalue weighted by Crippen LogP contribution is 1.94. The van der Waals surface area contributed by atoms with Crippen LogP contribution in [0.1, 0.15) is 25.6 Å². The van der Waals surface area contributed by atoms with E-state index in [2.05, 4.69) is 28.3 Å². The van der Waals surface area contributed by atoms with Crippen LogP contribution in [0.2, 0.25) is 0 Å². The lowest BCUT2D eigenvalue weighted by atomic mass is 10.2. The molecule has 0 aliphatic rings. The summed E-state index contributed by atoms with van der Waals surface area (Å²) in [4.78, 5) is 12.2. The fourth-order valence-electron chi connectivity index (χ4n) is 1.03. The smallest absolute Gasteiger partial charge is 0.253 e. The van der Waals surface area contributed by atoms with Gasteiger partial charge in [0.1, 0.15) is 12.4 Å². The van der Waals surface area contributed by atoms with Crippen LogP contribution in [0.5, 0.6) is 0 Å². The van der Waals surface area contributed by atoms with Gasteiger partial charge in [-0.15, -0.1) is 0 Å². The van der Waals surface area contributed by atoms with Crippen LogP contribution in [-0.4, -0.2) is 18.2 Å². The van der Waals surface area contributed by atoms with Crippen molar-refractivity contribution in [2.45, 2.75) is 26.2 Å². The number of carbonyl (C=O) groups is 1. The van der Waals surface area contributed by atoms with Crippen LogP contribution >= 0.6 is 0 Å². The SMILES string of the molecule is CCCCc1[nH]cc[n+]1C.COC(=O)[O-]. The Morgan fingerprint density at radius 3 is 2.60 bits per heavy atom. The van der Waals surface area contributed by atoms with E-state index in [-0.39, 0.29) is 0 Å². The van der Waals surface area contributed by atoms with E-state index in [9.17, 15) is 0 Å². The summed E-state index contributed by atoms with van der Waals surface area (Å²) in [6.45, 7) is 2.21. The van der Waals surface area contributed by atoms with Gasteiger partial charge in [-0.3, -0.25) is 0 Å². The summed E-state index contributed by atoms with van der Waals surface area (Å²) >= 11 is 0. The molecule has 0 atom stereocenters. The zero-order valence-corrected chi connectivity index (χ0v) is 9.45. The third-order valence-corrected chi connectivity index (χ3v) is 1.91. The van der Waals surface area contributed by atoms with Crippen molar-refractivity contribution in [1.29, 1.82) is 0 Å². The summed E-state index contributed by atoms with van der Waals surface area (Å²) in [6, 6.07) is 0. The maximum atomic E-state index is 9.03. The summed E-state index contributed by atoms with van der Waals surface area (Å²) in [7, 11) is 3.11. The second-order valence-corrected chi connectivity index (χ2v) is 3.08. The number of hydrogen-bond donors (Lipinski definition) is 1. The molecule has 0 fully saturated rings. The lowest BCUT2D eigenvalue weighted by Gasteiger charge is -1.92. The van der Waals surface area contributed by atoms with Gasteiger partial charge in [0.15, 0.2) is 0 Å². The summed E-state index contributed by atoms with van der Waals surface area (Å²) in [5.74, 6) is 1.32. The number of nitrogens with zero attached hydrogens (tertiary/aromatic N) is 1. The van der Waals surface area contributed by atoms with Crippen molar-refractivity contribution in [3.05, 3.63) is 18.2 Å². The molecule has 0 bridgehead atoms. The Balaban J connectivity index is 0.000000336. The Labute approximate surface area is 89.7 Å². The third kappa shape index (κ3) is 6.54. The van der Waals surface area contributed by atoms with E-state index in [1.807, 2.05) is 12.4 Å². The van der Waals surface area contributed by atoms with Crippen molar-refractivity contribution >= 4 is 6.16 Å². The van der Waals surface area contributed by atoms with E-state index in [1.54, 1.807) is 0 Å². The number of carboxylic acid groups (broad SMARTS) is 1. The van der Waals surface area contributed by atoms with Crippen molar-refractivity contribution in [3.8, 4) is 0 Å². The van der Waals surface area contributed by atoms with E-state index in [0.717, 1.165) is 7.11 Å². The zero-order valence-electron chi connectivity index (χ0n) is 9.45. The molecule has 0 unspecified atom stereocenters. The standard InChI is InChI=1S/C8H14N2.C2H4O3/c1-3-4-5-8-9-6-7-10(8)2;1-5-2(3)4/h6-7H,3-5H2,1-2H3;1H3,(H,3,4). The molecule has 1 aromatic heterocycles. The second kappa shape index (κ2) is 7.84. The quantitative estimate of drug-likeness (QED) is 0.575. The molecule has 1 heterocycles. The largest absolute Gasteiger partial charge is 0.553 e. The van der Waals surface area contributed by atoms with Crippen molar-refractivity contribution in [2.24, 2.45) is 7.05 Å². The molecule has 1 N–H and O–H groups in total. The molecule has 0 aromatic carbocycles. The van der Waals surface area contributed by atoms with E-state index < -0.39 is 6.16 Å². The van der Waals surface area contributed by atoms with Gasteiger partial charge in [0.25, 0.3) is 12.0 Å². The Kier molecular flexibility index (Phi) is 7.05. The molecule has 5 nitrogen and oxygen atoms in total. The molecule has 0 amide bonds. The highest BCUT2D eigenvalue weighted by Gasteiger charge is 2.03. The number of aryl methyl sites for hydroxylation is 2. The van der Waals surface area contributed by atoms with Crippen LogP contribution in [0.15, 0.2) is 12.4 Å². The van der Waals surface area contributed by atoms with Gasteiger partial charge in [-0.2, -0.15) is 0 Å². The number of methoxy groups -OCH3 is 1. The first kappa shape index (κ1) is 13.5. The van der Waals surface area contributed by atoms with Crippen molar-refractivity contribution in [2.75, 3.05) is 7.11 Å². The summed E-state index contributed by atoms with van der Waals surface area (Å²) in [5, 5.41) is 9.03. The lowest BCUT2D eigenvalue weighted by Crippen LogP contribution is -2.30. The molecule has 15 heavy (non-hydrogen) atoms. The molecule has 0 radical (unpaired) electrons. The number of H-pyrrole nitrogens is 1. The van der Waals surface area contributed by atoms with Gasteiger partial charge in [-0.1, -0.05) is 13.3 Å². The fourth-order valence-corrected chi connectivity index (χ4v) is 1.03. The highest BCUT2D eigenvalue weighted by atomic mass is 16.6. The normalized spacial score (nSPS) is 9.00. The number of aromatic nitrogens is 2. The highest BCUT2D eigenvalue weighted by molar-refractivity contribution is 5.53. The number of ether oxygens (including phenoxy) is 1. The Bertz CT molecular complexity index is 284. The molecule has 1 aromatic rings. The Hall–Kier alpha value is -1.52. The molecule has 0 aliphatic heterocycles.